The Balaban J connectivity index is 0.00000169. The minimum atomic E-state index is -0.621. The summed E-state index contributed by atoms with van der Waals surface area (Å²) in [6.45, 7) is 5.78. The molecule has 1 aromatic rings. The van der Waals surface area contributed by atoms with E-state index in [1.54, 1.807) is 0 Å². The first-order chi connectivity index (χ1) is 11.6. The summed E-state index contributed by atoms with van der Waals surface area (Å²) in [5.74, 6) is 1.07. The number of nitrogens with zero attached hydrogens (tertiary/aromatic N) is 2. The number of carbonyl (C=O) groups excluding carboxylic acids is 1. The third kappa shape index (κ3) is 4.96. The number of hydrogen-bond donors (Lipinski definition) is 1. The Hall–Kier alpha value is -1.17. The molecule has 0 radical (unpaired) electrons. The summed E-state index contributed by atoms with van der Waals surface area (Å²) in [6, 6.07) is 8.13. The van der Waals surface area contributed by atoms with Gasteiger partial charge >= 0.3 is 0 Å². The standard InChI is InChI=1S/C19H29N3O2.2ClH/c1-2-24-17-9-5-4-8-16(17)21-12-14-22(15-13-21)18(23)19(20)10-6-3-7-11-19;;/h4-5,8-9H,2-3,6-7,10-15,20H2,1H3;2*1H. The van der Waals surface area contributed by atoms with Gasteiger partial charge in [0.1, 0.15) is 5.75 Å². The van der Waals surface area contributed by atoms with E-state index in [-0.39, 0.29) is 30.7 Å². The number of para-hydroxylation sites is 2. The number of rotatable bonds is 4. The highest BCUT2D eigenvalue weighted by Gasteiger charge is 2.39. The molecule has 0 unspecified atom stereocenters. The van der Waals surface area contributed by atoms with Crippen molar-refractivity contribution >= 4 is 36.4 Å². The van der Waals surface area contributed by atoms with Crippen LogP contribution in [0, 0.1) is 0 Å². The van der Waals surface area contributed by atoms with Crippen molar-refractivity contribution in [1.82, 2.24) is 4.90 Å². The van der Waals surface area contributed by atoms with Gasteiger partial charge in [-0.25, -0.2) is 0 Å². The van der Waals surface area contributed by atoms with Crippen LogP contribution >= 0.6 is 24.8 Å². The first-order valence-corrected chi connectivity index (χ1v) is 9.19. The molecule has 1 aromatic carbocycles. The van der Waals surface area contributed by atoms with E-state index in [0.717, 1.165) is 63.3 Å². The molecule has 0 atom stereocenters. The third-order valence-corrected chi connectivity index (χ3v) is 5.24. The monoisotopic (exact) mass is 403 g/mol. The quantitative estimate of drug-likeness (QED) is 0.837. The molecule has 1 amide bonds. The molecule has 1 saturated carbocycles. The van der Waals surface area contributed by atoms with Crippen molar-refractivity contribution in [3.8, 4) is 5.75 Å². The smallest absolute Gasteiger partial charge is 0.242 e. The highest BCUT2D eigenvalue weighted by Crippen LogP contribution is 2.31. The van der Waals surface area contributed by atoms with Gasteiger partial charge in [-0.1, -0.05) is 31.4 Å². The van der Waals surface area contributed by atoms with Gasteiger partial charge in [-0.15, -0.1) is 24.8 Å². The van der Waals surface area contributed by atoms with Gasteiger partial charge in [0.15, 0.2) is 0 Å². The van der Waals surface area contributed by atoms with Gasteiger partial charge in [0.25, 0.3) is 0 Å². The highest BCUT2D eigenvalue weighted by atomic mass is 35.5. The predicted octanol–water partition coefficient (Wildman–Crippen LogP) is 3.24. The van der Waals surface area contributed by atoms with Crippen molar-refractivity contribution < 1.29 is 9.53 Å². The molecule has 7 heteroatoms. The van der Waals surface area contributed by atoms with Crippen molar-refractivity contribution in [3.05, 3.63) is 24.3 Å². The molecule has 1 aliphatic heterocycles. The molecular formula is C19H31Cl2N3O2. The van der Waals surface area contributed by atoms with E-state index in [4.69, 9.17) is 10.5 Å². The van der Waals surface area contributed by atoms with Gasteiger partial charge in [-0.05, 0) is 31.9 Å². The average Bonchev–Trinajstić information content (AvgIpc) is 2.63. The average molecular weight is 404 g/mol. The van der Waals surface area contributed by atoms with Crippen molar-refractivity contribution in [2.75, 3.05) is 37.7 Å². The van der Waals surface area contributed by atoms with Crippen LogP contribution in [0.15, 0.2) is 24.3 Å². The lowest BCUT2D eigenvalue weighted by Gasteiger charge is -2.41. The molecular weight excluding hydrogens is 373 g/mol. The number of carbonyl (C=O) groups is 1. The zero-order chi connectivity index (χ0) is 17.0. The van der Waals surface area contributed by atoms with Crippen LogP contribution in [0.1, 0.15) is 39.0 Å². The van der Waals surface area contributed by atoms with Crippen LogP contribution in [0.4, 0.5) is 5.69 Å². The van der Waals surface area contributed by atoms with E-state index in [2.05, 4.69) is 11.0 Å². The summed E-state index contributed by atoms with van der Waals surface area (Å²) in [4.78, 5) is 17.1. The van der Waals surface area contributed by atoms with Gasteiger partial charge in [-0.3, -0.25) is 4.79 Å². The summed E-state index contributed by atoms with van der Waals surface area (Å²) < 4.78 is 5.73. The molecule has 2 aliphatic rings. The number of halogens is 2. The topological polar surface area (TPSA) is 58.8 Å². The number of ether oxygens (including phenoxy) is 1. The minimum Gasteiger partial charge on any atom is -0.492 e. The lowest BCUT2D eigenvalue weighted by molar-refractivity contribution is -0.138. The Kier molecular flexibility index (Phi) is 9.01. The van der Waals surface area contributed by atoms with Crippen LogP contribution in [0.2, 0.25) is 0 Å². The maximum Gasteiger partial charge on any atom is 0.242 e. The second-order valence-electron chi connectivity index (χ2n) is 6.90. The molecule has 148 valence electrons. The first kappa shape index (κ1) is 22.9. The molecule has 2 N–H and O–H groups in total. The SMILES string of the molecule is CCOc1ccccc1N1CCN(C(=O)C2(N)CCCCC2)CC1.Cl.Cl. The normalized spacial score (nSPS) is 19.2. The van der Waals surface area contributed by atoms with E-state index in [1.807, 2.05) is 30.0 Å². The molecule has 26 heavy (non-hydrogen) atoms. The fourth-order valence-corrected chi connectivity index (χ4v) is 3.86. The maximum absolute atomic E-state index is 12.8. The molecule has 0 aromatic heterocycles. The number of nitrogens with two attached hydrogens (primary N) is 1. The Morgan fingerprint density at radius 2 is 1.69 bits per heavy atom. The van der Waals surface area contributed by atoms with Crippen LogP contribution in [-0.4, -0.2) is 49.1 Å². The van der Waals surface area contributed by atoms with Crippen LogP contribution < -0.4 is 15.4 Å². The summed E-state index contributed by atoms with van der Waals surface area (Å²) in [5, 5.41) is 0. The molecule has 2 fully saturated rings. The zero-order valence-electron chi connectivity index (χ0n) is 15.5. The van der Waals surface area contributed by atoms with Crippen molar-refractivity contribution in [1.29, 1.82) is 0 Å². The van der Waals surface area contributed by atoms with Crippen LogP contribution in [-0.2, 0) is 4.79 Å². The summed E-state index contributed by atoms with van der Waals surface area (Å²) in [7, 11) is 0. The summed E-state index contributed by atoms with van der Waals surface area (Å²) >= 11 is 0. The van der Waals surface area contributed by atoms with E-state index >= 15 is 0 Å². The fraction of sp³-hybridized carbons (Fsp3) is 0.632. The Bertz CT molecular complexity index is 572. The molecule has 3 rings (SSSR count). The molecule has 1 heterocycles. The van der Waals surface area contributed by atoms with Gasteiger partial charge in [0, 0.05) is 26.2 Å². The maximum atomic E-state index is 12.8. The van der Waals surface area contributed by atoms with E-state index in [0.29, 0.717) is 6.61 Å². The van der Waals surface area contributed by atoms with Gasteiger partial charge < -0.3 is 20.3 Å². The Morgan fingerprint density at radius 1 is 1.08 bits per heavy atom. The van der Waals surface area contributed by atoms with Crippen LogP contribution in [0.3, 0.4) is 0 Å². The lowest BCUT2D eigenvalue weighted by Crippen LogP contribution is -2.60. The lowest BCUT2D eigenvalue weighted by atomic mass is 9.81. The van der Waals surface area contributed by atoms with E-state index in [9.17, 15) is 4.79 Å². The van der Waals surface area contributed by atoms with E-state index in [1.165, 1.54) is 6.42 Å². The van der Waals surface area contributed by atoms with Crippen LogP contribution in [0.5, 0.6) is 5.75 Å². The number of piperazine rings is 1. The van der Waals surface area contributed by atoms with Crippen molar-refractivity contribution in [2.24, 2.45) is 5.73 Å². The van der Waals surface area contributed by atoms with E-state index < -0.39 is 5.54 Å². The van der Waals surface area contributed by atoms with Crippen molar-refractivity contribution in [2.45, 2.75) is 44.6 Å². The number of benzene rings is 1. The van der Waals surface area contributed by atoms with Gasteiger partial charge in [0.2, 0.25) is 5.91 Å². The zero-order valence-corrected chi connectivity index (χ0v) is 17.1. The molecule has 1 saturated heterocycles. The Labute approximate surface area is 169 Å². The molecule has 0 bridgehead atoms. The number of anilines is 1. The largest absolute Gasteiger partial charge is 0.492 e. The molecule has 0 spiro atoms. The Morgan fingerprint density at radius 3 is 2.31 bits per heavy atom. The highest BCUT2D eigenvalue weighted by molar-refractivity contribution is 5.86. The summed E-state index contributed by atoms with van der Waals surface area (Å²) in [6.07, 6.45) is 5.01. The van der Waals surface area contributed by atoms with Crippen molar-refractivity contribution in [3.63, 3.8) is 0 Å². The minimum absolute atomic E-state index is 0. The van der Waals surface area contributed by atoms with Gasteiger partial charge in [-0.2, -0.15) is 0 Å². The predicted molar refractivity (Wildman–Crippen MR) is 111 cm³/mol. The number of hydrogen-bond acceptors (Lipinski definition) is 4. The third-order valence-electron chi connectivity index (χ3n) is 5.24. The first-order valence-electron chi connectivity index (χ1n) is 9.19. The second-order valence-corrected chi connectivity index (χ2v) is 6.90. The fourth-order valence-electron chi connectivity index (χ4n) is 3.86. The van der Waals surface area contributed by atoms with Gasteiger partial charge in [0.05, 0.1) is 17.8 Å². The molecule has 5 nitrogen and oxygen atoms in total. The summed E-state index contributed by atoms with van der Waals surface area (Å²) in [5.41, 5.74) is 6.91. The van der Waals surface area contributed by atoms with Crippen LogP contribution in [0.25, 0.3) is 0 Å². The second kappa shape index (κ2) is 10.2. The number of amides is 1. The molecule has 1 aliphatic carbocycles.